The fourth-order valence-corrected chi connectivity index (χ4v) is 4.43. The normalized spacial score (nSPS) is 20.5. The van der Waals surface area contributed by atoms with Crippen LogP contribution in [-0.2, 0) is 11.0 Å². The van der Waals surface area contributed by atoms with E-state index in [1.807, 2.05) is 6.07 Å². The minimum absolute atomic E-state index is 0.0853. The minimum Gasteiger partial charge on any atom is -0.485 e. The number of aliphatic hydroxyl groups excluding tert-OH is 1. The molecule has 0 bridgehead atoms. The van der Waals surface area contributed by atoms with Crippen molar-refractivity contribution in [3.8, 4) is 11.8 Å². The van der Waals surface area contributed by atoms with Gasteiger partial charge in [0.15, 0.2) is 8.32 Å². The lowest BCUT2D eigenvalue weighted by Gasteiger charge is -2.42. The van der Waals surface area contributed by atoms with E-state index < -0.39 is 26.1 Å². The fourth-order valence-electron chi connectivity index (χ4n) is 3.47. The predicted octanol–water partition coefficient (Wildman–Crippen LogP) is 4.36. The number of fused-ring (bicyclic) bond motifs is 1. The molecule has 0 saturated carbocycles. The highest BCUT2D eigenvalue weighted by Crippen LogP contribution is 2.42. The van der Waals surface area contributed by atoms with Crippen LogP contribution in [0.2, 0.25) is 18.1 Å². The lowest BCUT2D eigenvalue weighted by molar-refractivity contribution is -0.0643. The Morgan fingerprint density at radius 3 is 2.52 bits per heavy atom. The van der Waals surface area contributed by atoms with Crippen molar-refractivity contribution in [2.45, 2.75) is 77.1 Å². The van der Waals surface area contributed by atoms with Crippen LogP contribution in [0.15, 0.2) is 41.3 Å². The summed E-state index contributed by atoms with van der Waals surface area (Å²) in [7, 11) is -1.93. The van der Waals surface area contributed by atoms with E-state index in [0.717, 1.165) is 5.56 Å². The van der Waals surface area contributed by atoms with Gasteiger partial charge in [-0.3, -0.25) is 4.79 Å². The summed E-state index contributed by atoms with van der Waals surface area (Å²) in [5.74, 6) is 0.566. The molecule has 0 unspecified atom stereocenters. The standard InChI is InChI=1S/C24H32N2O4Si/c1-23(2,3)31(6,7)29-15-17-10-11-26(20(27)13-17)21-18-12-16(14-25)8-9-19(18)30-24(4,5)22(21)28/h8-13,21-22,28H,15H2,1-7H3/t21-,22+/m1/s1. The Kier molecular flexibility index (Phi) is 5.96. The van der Waals surface area contributed by atoms with Crippen molar-refractivity contribution in [3.63, 3.8) is 0 Å². The van der Waals surface area contributed by atoms with E-state index in [4.69, 9.17) is 9.16 Å². The maximum absolute atomic E-state index is 13.1. The first-order valence-corrected chi connectivity index (χ1v) is 13.4. The van der Waals surface area contributed by atoms with Crippen LogP contribution < -0.4 is 10.3 Å². The van der Waals surface area contributed by atoms with Crippen LogP contribution in [0.4, 0.5) is 0 Å². The third-order valence-corrected chi connectivity index (χ3v) is 11.0. The molecule has 1 aliphatic heterocycles. The van der Waals surface area contributed by atoms with Crippen molar-refractivity contribution >= 4 is 8.32 Å². The Morgan fingerprint density at radius 2 is 1.94 bits per heavy atom. The first-order valence-electron chi connectivity index (χ1n) is 10.5. The van der Waals surface area contributed by atoms with Gasteiger partial charge in [0.25, 0.3) is 5.56 Å². The first-order chi connectivity index (χ1) is 14.3. The third kappa shape index (κ3) is 4.47. The van der Waals surface area contributed by atoms with Crippen molar-refractivity contribution < 1.29 is 14.3 Å². The lowest BCUT2D eigenvalue weighted by Crippen LogP contribution is -2.52. The van der Waals surface area contributed by atoms with E-state index >= 15 is 0 Å². The molecule has 0 saturated heterocycles. The van der Waals surface area contributed by atoms with E-state index in [9.17, 15) is 15.2 Å². The molecule has 0 fully saturated rings. The highest BCUT2D eigenvalue weighted by Gasteiger charge is 2.44. The second kappa shape index (κ2) is 7.94. The summed E-state index contributed by atoms with van der Waals surface area (Å²) in [5, 5.41) is 20.5. The maximum Gasteiger partial charge on any atom is 0.251 e. The zero-order valence-electron chi connectivity index (χ0n) is 19.4. The molecule has 7 heteroatoms. The highest BCUT2D eigenvalue weighted by molar-refractivity contribution is 6.74. The number of hydrogen-bond acceptors (Lipinski definition) is 5. The van der Waals surface area contributed by atoms with Crippen molar-refractivity contribution in [2.75, 3.05) is 0 Å². The van der Waals surface area contributed by atoms with Crippen molar-refractivity contribution in [3.05, 3.63) is 63.6 Å². The summed E-state index contributed by atoms with van der Waals surface area (Å²) in [6.45, 7) is 14.9. The number of benzene rings is 1. The van der Waals surface area contributed by atoms with Gasteiger partial charge in [0, 0.05) is 17.8 Å². The monoisotopic (exact) mass is 440 g/mol. The quantitative estimate of drug-likeness (QED) is 0.714. The molecule has 0 radical (unpaired) electrons. The number of rotatable bonds is 4. The molecule has 1 aromatic heterocycles. The average Bonchev–Trinajstić information content (AvgIpc) is 2.67. The van der Waals surface area contributed by atoms with Gasteiger partial charge in [-0.1, -0.05) is 20.8 Å². The Morgan fingerprint density at radius 1 is 1.26 bits per heavy atom. The second-order valence-corrected chi connectivity index (χ2v) is 15.1. The molecular weight excluding hydrogens is 408 g/mol. The van der Waals surface area contributed by atoms with Crippen LogP contribution in [0.1, 0.15) is 57.4 Å². The number of pyridine rings is 1. The average molecular weight is 441 g/mol. The molecule has 166 valence electrons. The fraction of sp³-hybridized carbons (Fsp3) is 0.500. The Bertz CT molecular complexity index is 1080. The molecular formula is C24H32N2O4Si. The lowest BCUT2D eigenvalue weighted by atomic mass is 9.85. The predicted molar refractivity (Wildman–Crippen MR) is 123 cm³/mol. The summed E-state index contributed by atoms with van der Waals surface area (Å²) < 4.78 is 13.7. The van der Waals surface area contributed by atoms with Crippen molar-refractivity contribution in [2.24, 2.45) is 0 Å². The van der Waals surface area contributed by atoms with Crippen LogP contribution in [0.25, 0.3) is 0 Å². The van der Waals surface area contributed by atoms with Gasteiger partial charge < -0.3 is 18.8 Å². The van der Waals surface area contributed by atoms with Crippen molar-refractivity contribution in [1.82, 2.24) is 4.57 Å². The van der Waals surface area contributed by atoms with E-state index in [-0.39, 0.29) is 10.6 Å². The molecule has 0 amide bonds. The van der Waals surface area contributed by atoms with Crippen LogP contribution in [0, 0.1) is 11.3 Å². The van der Waals surface area contributed by atoms with Crippen LogP contribution in [0.5, 0.6) is 5.75 Å². The number of nitriles is 1. The van der Waals surface area contributed by atoms with Gasteiger partial charge in [-0.05, 0) is 61.8 Å². The number of hydrogen-bond donors (Lipinski definition) is 1. The first kappa shape index (κ1) is 23.3. The van der Waals surface area contributed by atoms with E-state index in [1.54, 1.807) is 44.3 Å². The molecule has 2 heterocycles. The summed E-state index contributed by atoms with van der Waals surface area (Å²) in [6.07, 6.45) is 0.728. The van der Waals surface area contributed by atoms with Gasteiger partial charge in [-0.25, -0.2) is 0 Å². The van der Waals surface area contributed by atoms with E-state index in [2.05, 4.69) is 39.9 Å². The van der Waals surface area contributed by atoms with Crippen molar-refractivity contribution in [1.29, 1.82) is 5.26 Å². The maximum atomic E-state index is 13.1. The Labute approximate surface area is 185 Å². The topological polar surface area (TPSA) is 84.5 Å². The number of nitrogens with zero attached hydrogens (tertiary/aromatic N) is 2. The van der Waals surface area contributed by atoms with E-state index in [1.165, 1.54) is 4.57 Å². The Balaban J connectivity index is 1.98. The molecule has 1 N–H and O–H groups in total. The molecule has 6 nitrogen and oxygen atoms in total. The number of ether oxygens (including phenoxy) is 1. The van der Waals surface area contributed by atoms with Crippen LogP contribution in [-0.4, -0.2) is 29.7 Å². The van der Waals surface area contributed by atoms with Gasteiger partial charge in [0.2, 0.25) is 0 Å². The van der Waals surface area contributed by atoms with Gasteiger partial charge >= 0.3 is 0 Å². The van der Waals surface area contributed by atoms with E-state index in [0.29, 0.717) is 23.5 Å². The zero-order chi connectivity index (χ0) is 23.2. The Hall–Kier alpha value is -2.40. The van der Waals surface area contributed by atoms with Gasteiger partial charge in [-0.2, -0.15) is 5.26 Å². The highest BCUT2D eigenvalue weighted by atomic mass is 28.4. The molecule has 1 aromatic carbocycles. The summed E-state index contributed by atoms with van der Waals surface area (Å²) in [5.41, 5.74) is 0.754. The summed E-state index contributed by atoms with van der Waals surface area (Å²) in [6, 6.07) is 9.96. The minimum atomic E-state index is -1.93. The second-order valence-electron chi connectivity index (χ2n) is 10.3. The molecule has 0 spiro atoms. The summed E-state index contributed by atoms with van der Waals surface area (Å²) in [4.78, 5) is 13.1. The van der Waals surface area contributed by atoms with Gasteiger partial charge in [-0.15, -0.1) is 0 Å². The molecule has 1 aliphatic rings. The SMILES string of the molecule is CC1(C)Oc2ccc(C#N)cc2[C@@H](n2ccc(CO[Si](C)(C)C(C)(C)C)cc2=O)[C@@H]1O. The van der Waals surface area contributed by atoms with Crippen LogP contribution >= 0.6 is 0 Å². The summed E-state index contributed by atoms with van der Waals surface area (Å²) >= 11 is 0. The molecule has 0 aliphatic carbocycles. The molecule has 31 heavy (non-hydrogen) atoms. The molecule has 2 aromatic rings. The number of aromatic nitrogens is 1. The number of aliphatic hydroxyl groups is 1. The molecule has 2 atom stereocenters. The largest absolute Gasteiger partial charge is 0.485 e. The third-order valence-electron chi connectivity index (χ3n) is 6.56. The zero-order valence-corrected chi connectivity index (χ0v) is 20.4. The van der Waals surface area contributed by atoms with Gasteiger partial charge in [0.1, 0.15) is 17.5 Å². The van der Waals surface area contributed by atoms with Crippen LogP contribution in [0.3, 0.4) is 0 Å². The molecule has 3 rings (SSSR count). The smallest absolute Gasteiger partial charge is 0.251 e. The van der Waals surface area contributed by atoms with Gasteiger partial charge in [0.05, 0.1) is 24.3 Å².